The fourth-order valence-corrected chi connectivity index (χ4v) is 2.13. The first-order chi connectivity index (χ1) is 10.5. The molecular weight excluding hydrogens is 291 g/mol. The second kappa shape index (κ2) is 7.11. The maximum absolute atomic E-state index is 13.4. The van der Waals surface area contributed by atoms with Gasteiger partial charge in [0.1, 0.15) is 5.82 Å². The molecule has 0 saturated heterocycles. The average molecular weight is 307 g/mol. The summed E-state index contributed by atoms with van der Waals surface area (Å²) in [5.74, 6) is -2.50. The molecule has 0 aliphatic heterocycles. The lowest BCUT2D eigenvalue weighted by Crippen LogP contribution is -2.27. The topological polar surface area (TPSA) is 29.1 Å². The molecule has 0 aromatic heterocycles. The van der Waals surface area contributed by atoms with E-state index < -0.39 is 17.7 Å². The lowest BCUT2D eigenvalue weighted by molar-refractivity contribution is -0.121. The SMILES string of the molecule is CC(NC(=O)CCc1ccccc1F)c1ccc(F)c(F)c1. The zero-order valence-electron chi connectivity index (χ0n) is 12.1. The molecular formula is C17H16F3NO. The quantitative estimate of drug-likeness (QED) is 0.891. The van der Waals surface area contributed by atoms with Gasteiger partial charge in [0.15, 0.2) is 11.6 Å². The molecule has 0 saturated carbocycles. The predicted molar refractivity (Wildman–Crippen MR) is 77.6 cm³/mol. The smallest absolute Gasteiger partial charge is 0.220 e. The number of carbonyl (C=O) groups excluding carboxylic acids is 1. The molecule has 22 heavy (non-hydrogen) atoms. The van der Waals surface area contributed by atoms with Gasteiger partial charge in [-0.3, -0.25) is 4.79 Å². The van der Waals surface area contributed by atoms with Gasteiger partial charge >= 0.3 is 0 Å². The molecule has 2 nitrogen and oxygen atoms in total. The van der Waals surface area contributed by atoms with Gasteiger partial charge in [0.2, 0.25) is 5.91 Å². The van der Waals surface area contributed by atoms with E-state index in [2.05, 4.69) is 5.32 Å². The Morgan fingerprint density at radius 1 is 1.05 bits per heavy atom. The minimum absolute atomic E-state index is 0.120. The third kappa shape index (κ3) is 4.10. The van der Waals surface area contributed by atoms with Crippen molar-refractivity contribution >= 4 is 5.91 Å². The number of hydrogen-bond acceptors (Lipinski definition) is 1. The molecule has 0 aliphatic rings. The minimum Gasteiger partial charge on any atom is -0.350 e. The van der Waals surface area contributed by atoms with E-state index in [0.29, 0.717) is 11.1 Å². The van der Waals surface area contributed by atoms with Gasteiger partial charge in [-0.05, 0) is 42.7 Å². The van der Waals surface area contributed by atoms with Crippen LogP contribution < -0.4 is 5.32 Å². The van der Waals surface area contributed by atoms with Crippen LogP contribution in [0, 0.1) is 17.5 Å². The van der Waals surface area contributed by atoms with E-state index in [1.807, 2.05) is 0 Å². The van der Waals surface area contributed by atoms with Crippen LogP contribution in [-0.4, -0.2) is 5.91 Å². The van der Waals surface area contributed by atoms with Crippen LogP contribution in [0.1, 0.15) is 30.5 Å². The molecule has 0 heterocycles. The summed E-state index contributed by atoms with van der Waals surface area (Å²) in [6.07, 6.45) is 0.401. The Morgan fingerprint density at radius 3 is 2.45 bits per heavy atom. The Hall–Kier alpha value is -2.30. The highest BCUT2D eigenvalue weighted by molar-refractivity contribution is 5.76. The zero-order chi connectivity index (χ0) is 16.1. The van der Waals surface area contributed by atoms with E-state index in [9.17, 15) is 18.0 Å². The standard InChI is InChI=1S/C17H16F3NO/c1-11(13-6-8-15(19)16(20)10-13)21-17(22)9-7-12-4-2-3-5-14(12)18/h2-6,8,10-11H,7,9H2,1H3,(H,21,22). The number of hydrogen-bond donors (Lipinski definition) is 1. The van der Waals surface area contributed by atoms with Crippen molar-refractivity contribution in [2.45, 2.75) is 25.8 Å². The van der Waals surface area contributed by atoms with Crippen molar-refractivity contribution in [2.75, 3.05) is 0 Å². The maximum atomic E-state index is 13.4. The molecule has 5 heteroatoms. The predicted octanol–water partition coefficient (Wildman–Crippen LogP) is 3.91. The average Bonchev–Trinajstić information content (AvgIpc) is 2.49. The summed E-state index contributed by atoms with van der Waals surface area (Å²) < 4.78 is 39.5. The fourth-order valence-electron chi connectivity index (χ4n) is 2.13. The van der Waals surface area contributed by atoms with E-state index in [0.717, 1.165) is 12.1 Å². The molecule has 2 aromatic carbocycles. The van der Waals surface area contributed by atoms with Gasteiger partial charge in [0.05, 0.1) is 6.04 Å². The minimum atomic E-state index is -0.954. The highest BCUT2D eigenvalue weighted by Crippen LogP contribution is 2.16. The summed E-state index contributed by atoms with van der Waals surface area (Å²) >= 11 is 0. The number of amides is 1. The number of carbonyl (C=O) groups is 1. The lowest BCUT2D eigenvalue weighted by atomic mass is 10.1. The Labute approximate surface area is 127 Å². The first-order valence-electron chi connectivity index (χ1n) is 6.95. The van der Waals surface area contributed by atoms with Gasteiger partial charge < -0.3 is 5.32 Å². The first kappa shape index (κ1) is 16.1. The molecule has 1 atom stereocenters. The Balaban J connectivity index is 1.91. The Morgan fingerprint density at radius 2 is 1.77 bits per heavy atom. The van der Waals surface area contributed by atoms with E-state index in [4.69, 9.17) is 0 Å². The van der Waals surface area contributed by atoms with Crippen LogP contribution >= 0.6 is 0 Å². The summed E-state index contributed by atoms with van der Waals surface area (Å²) in [6.45, 7) is 1.67. The summed E-state index contributed by atoms with van der Waals surface area (Å²) in [7, 11) is 0. The van der Waals surface area contributed by atoms with Crippen molar-refractivity contribution in [2.24, 2.45) is 0 Å². The molecule has 2 aromatic rings. The largest absolute Gasteiger partial charge is 0.350 e. The normalized spacial score (nSPS) is 12.0. The molecule has 1 unspecified atom stereocenters. The van der Waals surface area contributed by atoms with Gasteiger partial charge in [0.25, 0.3) is 0 Å². The number of aryl methyl sites for hydroxylation is 1. The van der Waals surface area contributed by atoms with Gasteiger partial charge in [-0.2, -0.15) is 0 Å². The summed E-state index contributed by atoms with van der Waals surface area (Å²) in [5, 5.41) is 2.68. The van der Waals surface area contributed by atoms with Crippen molar-refractivity contribution < 1.29 is 18.0 Å². The van der Waals surface area contributed by atoms with Gasteiger partial charge in [0, 0.05) is 6.42 Å². The summed E-state index contributed by atoms with van der Waals surface area (Å²) in [5.41, 5.74) is 0.941. The number of nitrogens with one attached hydrogen (secondary N) is 1. The van der Waals surface area contributed by atoms with Gasteiger partial charge in [-0.1, -0.05) is 24.3 Å². The van der Waals surface area contributed by atoms with Gasteiger partial charge in [-0.25, -0.2) is 13.2 Å². The van der Waals surface area contributed by atoms with Crippen LogP contribution in [0.2, 0.25) is 0 Å². The molecule has 0 fully saturated rings. The van der Waals surface area contributed by atoms with E-state index in [1.165, 1.54) is 12.1 Å². The number of benzene rings is 2. The van der Waals surface area contributed by atoms with Crippen molar-refractivity contribution in [1.82, 2.24) is 5.32 Å². The molecule has 0 bridgehead atoms. The van der Waals surface area contributed by atoms with Crippen molar-refractivity contribution in [3.63, 3.8) is 0 Å². The van der Waals surface area contributed by atoms with Gasteiger partial charge in [-0.15, -0.1) is 0 Å². The molecule has 2 rings (SSSR count). The van der Waals surface area contributed by atoms with Crippen LogP contribution in [0.4, 0.5) is 13.2 Å². The zero-order valence-corrected chi connectivity index (χ0v) is 12.1. The first-order valence-corrected chi connectivity index (χ1v) is 6.95. The highest BCUT2D eigenvalue weighted by Gasteiger charge is 2.12. The van der Waals surface area contributed by atoms with E-state index in [-0.39, 0.29) is 24.6 Å². The Bertz CT molecular complexity index is 673. The van der Waals surface area contributed by atoms with Crippen LogP contribution in [0.25, 0.3) is 0 Å². The Kier molecular flexibility index (Phi) is 5.20. The molecule has 116 valence electrons. The van der Waals surface area contributed by atoms with Crippen molar-refractivity contribution in [3.8, 4) is 0 Å². The second-order valence-electron chi connectivity index (χ2n) is 5.05. The molecule has 0 spiro atoms. The van der Waals surface area contributed by atoms with Crippen LogP contribution in [0.15, 0.2) is 42.5 Å². The van der Waals surface area contributed by atoms with Crippen LogP contribution in [0.3, 0.4) is 0 Å². The molecule has 1 amide bonds. The molecule has 0 radical (unpaired) electrons. The third-order valence-corrected chi connectivity index (χ3v) is 3.40. The molecule has 0 aliphatic carbocycles. The lowest BCUT2D eigenvalue weighted by Gasteiger charge is -2.14. The van der Waals surface area contributed by atoms with E-state index >= 15 is 0 Å². The molecule has 1 N–H and O–H groups in total. The third-order valence-electron chi connectivity index (χ3n) is 3.40. The van der Waals surface area contributed by atoms with Crippen LogP contribution in [0.5, 0.6) is 0 Å². The fraction of sp³-hybridized carbons (Fsp3) is 0.235. The van der Waals surface area contributed by atoms with Crippen LogP contribution in [-0.2, 0) is 11.2 Å². The number of halogens is 3. The maximum Gasteiger partial charge on any atom is 0.220 e. The van der Waals surface area contributed by atoms with Crippen molar-refractivity contribution in [1.29, 1.82) is 0 Å². The van der Waals surface area contributed by atoms with Crippen molar-refractivity contribution in [3.05, 3.63) is 71.0 Å². The number of rotatable bonds is 5. The summed E-state index contributed by atoms with van der Waals surface area (Å²) in [4.78, 5) is 11.9. The summed E-state index contributed by atoms with van der Waals surface area (Å²) in [6, 6.07) is 9.30. The van der Waals surface area contributed by atoms with E-state index in [1.54, 1.807) is 25.1 Å². The highest BCUT2D eigenvalue weighted by atomic mass is 19.2. The monoisotopic (exact) mass is 307 g/mol. The second-order valence-corrected chi connectivity index (χ2v) is 5.05.